The number of fused-ring (bicyclic) bond motifs is 4. The number of rotatable bonds is 6. The normalized spacial score (nSPS) is 11.4. The van der Waals surface area contributed by atoms with Gasteiger partial charge in [-0.15, -0.1) is 0 Å². The van der Waals surface area contributed by atoms with Gasteiger partial charge in [0, 0.05) is 38.4 Å². The molecule has 7 aromatic carbocycles. The zero-order chi connectivity index (χ0) is 35.1. The third-order valence-corrected chi connectivity index (χ3v) is 9.72. The Morgan fingerprint density at radius 2 is 0.906 bits per heavy atom. The monoisotopic (exact) mass is 678 g/mol. The fourth-order valence-corrected chi connectivity index (χ4v) is 7.17. The van der Waals surface area contributed by atoms with Gasteiger partial charge in [-0.05, 0) is 58.7 Å². The molecule has 0 saturated carbocycles. The van der Waals surface area contributed by atoms with Crippen molar-refractivity contribution in [3.05, 3.63) is 182 Å². The summed E-state index contributed by atoms with van der Waals surface area (Å²) in [6.45, 7) is 0. The van der Waals surface area contributed by atoms with E-state index >= 15 is 0 Å². The molecule has 0 aliphatic rings. The Morgan fingerprint density at radius 1 is 0.321 bits per heavy atom. The Labute approximate surface area is 305 Å². The number of nitrogens with zero attached hydrogens (tertiary/aromatic N) is 4. The fourth-order valence-electron chi connectivity index (χ4n) is 7.17. The Kier molecular flexibility index (Phi) is 7.40. The van der Waals surface area contributed by atoms with Crippen LogP contribution in [0.3, 0.4) is 0 Å². The van der Waals surface area contributed by atoms with Crippen LogP contribution in [0.5, 0.6) is 0 Å². The number of pyridine rings is 1. The summed E-state index contributed by atoms with van der Waals surface area (Å²) in [5, 5.41) is 3.24. The first-order chi connectivity index (χ1) is 26.2. The number of hydrogen-bond donors (Lipinski definition) is 0. The zero-order valence-corrected chi connectivity index (χ0v) is 28.5. The molecule has 53 heavy (non-hydrogen) atoms. The molecule has 3 heterocycles. The molecule has 0 bridgehead atoms. The van der Waals surface area contributed by atoms with E-state index in [1.54, 1.807) is 0 Å². The number of benzene rings is 7. The van der Waals surface area contributed by atoms with Gasteiger partial charge in [-0.25, -0.2) is 19.9 Å². The highest BCUT2D eigenvalue weighted by molar-refractivity contribution is 6.13. The average molecular weight is 679 g/mol. The predicted molar refractivity (Wildman–Crippen MR) is 215 cm³/mol. The summed E-state index contributed by atoms with van der Waals surface area (Å²) in [5.41, 5.74) is 11.7. The molecule has 3 aromatic heterocycles. The number of aromatic nitrogens is 4. The van der Waals surface area contributed by atoms with Crippen LogP contribution in [0.4, 0.5) is 0 Å². The highest BCUT2D eigenvalue weighted by Gasteiger charge is 2.17. The molecule has 0 atom stereocenters. The van der Waals surface area contributed by atoms with Gasteiger partial charge in [0.1, 0.15) is 11.2 Å². The summed E-state index contributed by atoms with van der Waals surface area (Å²) in [6.07, 6.45) is 0. The van der Waals surface area contributed by atoms with Crippen LogP contribution in [0, 0.1) is 0 Å². The van der Waals surface area contributed by atoms with E-state index in [1.807, 2.05) is 78.9 Å². The van der Waals surface area contributed by atoms with Crippen molar-refractivity contribution in [1.29, 1.82) is 0 Å². The topological polar surface area (TPSA) is 64.7 Å². The van der Waals surface area contributed by atoms with Gasteiger partial charge in [0.2, 0.25) is 0 Å². The van der Waals surface area contributed by atoms with Crippen LogP contribution >= 0.6 is 0 Å². The first kappa shape index (κ1) is 30.6. The average Bonchev–Trinajstić information content (AvgIpc) is 3.62. The van der Waals surface area contributed by atoms with Crippen LogP contribution < -0.4 is 0 Å². The van der Waals surface area contributed by atoms with Crippen LogP contribution in [-0.2, 0) is 0 Å². The van der Waals surface area contributed by atoms with Crippen LogP contribution in [-0.4, -0.2) is 19.9 Å². The van der Waals surface area contributed by atoms with Crippen molar-refractivity contribution in [3.8, 4) is 67.7 Å². The Balaban J connectivity index is 1.08. The molecular formula is C48H30N4O. The van der Waals surface area contributed by atoms with E-state index in [9.17, 15) is 0 Å². The van der Waals surface area contributed by atoms with E-state index in [4.69, 9.17) is 24.4 Å². The molecule has 0 unspecified atom stereocenters. The van der Waals surface area contributed by atoms with Gasteiger partial charge in [0.25, 0.3) is 0 Å². The van der Waals surface area contributed by atoms with Crippen molar-refractivity contribution < 1.29 is 4.42 Å². The highest BCUT2D eigenvalue weighted by Crippen LogP contribution is 2.40. The second kappa shape index (κ2) is 12.8. The molecular weight excluding hydrogens is 649 g/mol. The molecule has 0 spiro atoms. The minimum absolute atomic E-state index is 0.617. The number of furan rings is 1. The van der Waals surface area contributed by atoms with Crippen molar-refractivity contribution in [3.63, 3.8) is 0 Å². The molecule has 10 rings (SSSR count). The second-order valence-electron chi connectivity index (χ2n) is 13.0. The van der Waals surface area contributed by atoms with Crippen LogP contribution in [0.1, 0.15) is 0 Å². The molecule has 0 radical (unpaired) electrons. The van der Waals surface area contributed by atoms with Crippen LogP contribution in [0.15, 0.2) is 186 Å². The Hall–Kier alpha value is -7.24. The van der Waals surface area contributed by atoms with E-state index in [0.717, 1.165) is 83.0 Å². The first-order valence-electron chi connectivity index (χ1n) is 17.6. The molecule has 0 aliphatic heterocycles. The van der Waals surface area contributed by atoms with Gasteiger partial charge in [-0.3, -0.25) is 0 Å². The summed E-state index contributed by atoms with van der Waals surface area (Å²) in [7, 11) is 0. The maximum Gasteiger partial charge on any atom is 0.164 e. The van der Waals surface area contributed by atoms with Crippen molar-refractivity contribution in [2.75, 3.05) is 0 Å². The molecule has 10 aromatic rings. The largest absolute Gasteiger partial charge is 0.456 e. The Bertz CT molecular complexity index is 2880. The smallest absolute Gasteiger partial charge is 0.164 e. The SMILES string of the molecule is c1ccc(-c2nc(-c3ccccc3)nc(-c3cccc(-c4cccc5oc6cc(-c7cc(-c8ccccc8)c8ccccc8n7)ccc6c45)c3)n2)cc1. The van der Waals surface area contributed by atoms with Gasteiger partial charge in [0.15, 0.2) is 17.5 Å². The third kappa shape index (κ3) is 5.61. The van der Waals surface area contributed by atoms with Gasteiger partial charge in [-0.2, -0.15) is 0 Å². The second-order valence-corrected chi connectivity index (χ2v) is 13.0. The molecule has 5 nitrogen and oxygen atoms in total. The standard InChI is InChI=1S/C48H30N4O/c1-4-14-31(15-5-1)40-30-42(49-41-24-11-10-22-38(40)41)35-26-27-39-44(29-35)53-43-25-13-23-37(45(39)43)34-20-12-21-36(28-34)48-51-46(32-16-6-2-7-17-32)50-47(52-48)33-18-8-3-9-19-33/h1-30H. The summed E-state index contributed by atoms with van der Waals surface area (Å²) in [5.74, 6) is 1.89. The molecule has 0 saturated heterocycles. The predicted octanol–water partition coefficient (Wildman–Crippen LogP) is 12.3. The molecule has 0 amide bonds. The molecule has 0 fully saturated rings. The Morgan fingerprint density at radius 3 is 1.62 bits per heavy atom. The lowest BCUT2D eigenvalue weighted by atomic mass is 9.96. The fraction of sp³-hybridized carbons (Fsp3) is 0. The van der Waals surface area contributed by atoms with E-state index in [-0.39, 0.29) is 0 Å². The summed E-state index contributed by atoms with van der Waals surface area (Å²) >= 11 is 0. The maximum atomic E-state index is 6.56. The minimum Gasteiger partial charge on any atom is -0.456 e. The van der Waals surface area contributed by atoms with E-state index in [0.29, 0.717) is 17.5 Å². The lowest BCUT2D eigenvalue weighted by Crippen LogP contribution is -2.00. The van der Waals surface area contributed by atoms with Crippen LogP contribution in [0.25, 0.3) is 101 Å². The van der Waals surface area contributed by atoms with Gasteiger partial charge in [0.05, 0.1) is 11.2 Å². The molecule has 248 valence electrons. The minimum atomic E-state index is 0.617. The van der Waals surface area contributed by atoms with Crippen molar-refractivity contribution in [1.82, 2.24) is 19.9 Å². The number of para-hydroxylation sites is 1. The molecule has 0 aliphatic carbocycles. The van der Waals surface area contributed by atoms with Crippen LogP contribution in [0.2, 0.25) is 0 Å². The maximum absolute atomic E-state index is 6.56. The molecule has 5 heteroatoms. The van der Waals surface area contributed by atoms with Crippen molar-refractivity contribution in [2.45, 2.75) is 0 Å². The lowest BCUT2D eigenvalue weighted by molar-refractivity contribution is 0.669. The zero-order valence-electron chi connectivity index (χ0n) is 28.5. The summed E-state index contributed by atoms with van der Waals surface area (Å²) < 4.78 is 6.56. The van der Waals surface area contributed by atoms with Crippen molar-refractivity contribution in [2.24, 2.45) is 0 Å². The molecule has 0 N–H and O–H groups in total. The van der Waals surface area contributed by atoms with Gasteiger partial charge in [-0.1, -0.05) is 146 Å². The van der Waals surface area contributed by atoms with E-state index in [2.05, 4.69) is 103 Å². The third-order valence-electron chi connectivity index (χ3n) is 9.72. The van der Waals surface area contributed by atoms with Crippen molar-refractivity contribution >= 4 is 32.8 Å². The van der Waals surface area contributed by atoms with E-state index < -0.39 is 0 Å². The number of hydrogen-bond acceptors (Lipinski definition) is 5. The summed E-state index contributed by atoms with van der Waals surface area (Å²) in [6, 6.07) is 62.2. The highest BCUT2D eigenvalue weighted by atomic mass is 16.3. The van der Waals surface area contributed by atoms with Gasteiger partial charge < -0.3 is 4.42 Å². The first-order valence-corrected chi connectivity index (χ1v) is 17.6. The van der Waals surface area contributed by atoms with Gasteiger partial charge >= 0.3 is 0 Å². The lowest BCUT2D eigenvalue weighted by Gasteiger charge is -2.11. The van der Waals surface area contributed by atoms with E-state index in [1.165, 1.54) is 0 Å². The quantitative estimate of drug-likeness (QED) is 0.175. The summed E-state index contributed by atoms with van der Waals surface area (Å²) in [4.78, 5) is 19.9.